The Morgan fingerprint density at radius 2 is 0.608 bits per heavy atom. The average Bonchev–Trinajstić information content (AvgIpc) is 4.02. The molecule has 2 heteroatoms. The first-order valence-corrected chi connectivity index (χ1v) is 25.5. The molecule has 0 saturated carbocycles. The first-order valence-electron chi connectivity index (χ1n) is 25.5. The second-order valence-corrected chi connectivity index (χ2v) is 19.3. The Bertz CT molecular complexity index is 4390. The molecule has 2 heterocycles. The van der Waals surface area contributed by atoms with Gasteiger partial charge in [0.15, 0.2) is 0 Å². The highest BCUT2D eigenvalue weighted by atomic mass is 15.0. The molecule has 0 aliphatic rings. The van der Waals surface area contributed by atoms with Gasteiger partial charge in [-0.25, -0.2) is 0 Å². The molecule has 0 fully saturated rings. The van der Waals surface area contributed by atoms with E-state index < -0.39 is 0 Å². The summed E-state index contributed by atoms with van der Waals surface area (Å²) in [5.41, 5.74) is 23.7. The van der Waals surface area contributed by atoms with Gasteiger partial charge in [-0.2, -0.15) is 0 Å². The third kappa shape index (κ3) is 7.52. The Balaban J connectivity index is 0.950. The lowest BCUT2D eigenvalue weighted by Crippen LogP contribution is -1.98. The number of aromatic nitrogens is 2. The molecule has 0 N–H and O–H groups in total. The minimum absolute atomic E-state index is 1.13. The molecule has 14 aromatic rings. The zero-order valence-electron chi connectivity index (χ0n) is 40.6. The third-order valence-corrected chi connectivity index (χ3v) is 14.9. The maximum absolute atomic E-state index is 2.46. The Kier molecular flexibility index (Phi) is 10.6. The van der Waals surface area contributed by atoms with E-state index >= 15 is 0 Å². The van der Waals surface area contributed by atoms with Crippen molar-refractivity contribution in [3.05, 3.63) is 291 Å². The molecule has 0 amide bonds. The summed E-state index contributed by atoms with van der Waals surface area (Å²) in [6.07, 6.45) is 0. The Labute approximate surface area is 431 Å². The Morgan fingerprint density at radius 3 is 1.26 bits per heavy atom. The summed E-state index contributed by atoms with van der Waals surface area (Å²) in [6, 6.07) is 107. The van der Waals surface area contributed by atoms with E-state index in [2.05, 4.69) is 300 Å². The lowest BCUT2D eigenvalue weighted by molar-refractivity contribution is 1.18. The molecule has 74 heavy (non-hydrogen) atoms. The topological polar surface area (TPSA) is 9.86 Å². The second-order valence-electron chi connectivity index (χ2n) is 19.3. The summed E-state index contributed by atoms with van der Waals surface area (Å²) >= 11 is 0. The zero-order chi connectivity index (χ0) is 49.0. The summed E-state index contributed by atoms with van der Waals surface area (Å²) in [4.78, 5) is 0. The summed E-state index contributed by atoms with van der Waals surface area (Å²) in [6.45, 7) is 0. The van der Waals surface area contributed by atoms with Gasteiger partial charge in [0, 0.05) is 32.8 Å². The fourth-order valence-electron chi connectivity index (χ4n) is 11.4. The van der Waals surface area contributed by atoms with Gasteiger partial charge >= 0.3 is 0 Å². The van der Waals surface area contributed by atoms with Crippen molar-refractivity contribution in [1.29, 1.82) is 0 Å². The monoisotopic (exact) mass is 940 g/mol. The van der Waals surface area contributed by atoms with E-state index in [1.807, 2.05) is 0 Å². The highest BCUT2D eigenvalue weighted by Crippen LogP contribution is 2.44. The van der Waals surface area contributed by atoms with Crippen molar-refractivity contribution in [1.82, 2.24) is 9.13 Å². The average molecular weight is 941 g/mol. The van der Waals surface area contributed by atoms with Crippen molar-refractivity contribution >= 4 is 43.6 Å². The predicted octanol–water partition coefficient (Wildman–Crippen LogP) is 19.5. The van der Waals surface area contributed by atoms with E-state index in [0.29, 0.717) is 0 Å². The predicted molar refractivity (Wildman–Crippen MR) is 313 cm³/mol. The van der Waals surface area contributed by atoms with Crippen molar-refractivity contribution in [2.24, 2.45) is 0 Å². The molecule has 0 saturated heterocycles. The molecular weight excluding hydrogens is 893 g/mol. The summed E-state index contributed by atoms with van der Waals surface area (Å²) in [7, 11) is 0. The highest BCUT2D eigenvalue weighted by molar-refractivity contribution is 6.17. The lowest BCUT2D eigenvalue weighted by atomic mass is 9.94. The molecule has 0 radical (unpaired) electrons. The normalized spacial score (nSPS) is 11.5. The maximum atomic E-state index is 2.46. The number of nitrogens with zero attached hydrogens (tertiary/aromatic N) is 2. The summed E-state index contributed by atoms with van der Waals surface area (Å²) < 4.78 is 4.92. The number of fused-ring (bicyclic) bond motifs is 6. The number of hydrogen-bond acceptors (Lipinski definition) is 0. The molecule has 0 unspecified atom stereocenters. The quantitative estimate of drug-likeness (QED) is 0.136. The van der Waals surface area contributed by atoms with Crippen LogP contribution in [0.2, 0.25) is 0 Å². The van der Waals surface area contributed by atoms with Crippen LogP contribution in [0.15, 0.2) is 291 Å². The standard InChI is InChI=1S/C72H48N2/c1-5-19-49(20-6-1)53-27-15-28-54(43-53)55-29-16-31-60(44-55)62-34-18-36-71-72(62)66-48-59(39-42-70(66)73(71)61-32-17-30-56(45-61)50-21-7-2-8-22-50)58-38-41-69-65(47-58)63-33-13-14-35-67(63)74(69)68-40-37-57(51-23-9-3-10-24-51)46-64(68)52-25-11-4-12-26-52/h1-48H. The van der Waals surface area contributed by atoms with Gasteiger partial charge < -0.3 is 9.13 Å². The summed E-state index contributed by atoms with van der Waals surface area (Å²) in [5.74, 6) is 0. The van der Waals surface area contributed by atoms with Crippen LogP contribution in [0.25, 0.3) is 133 Å². The number of rotatable bonds is 9. The summed E-state index contributed by atoms with van der Waals surface area (Å²) in [5, 5.41) is 4.89. The van der Waals surface area contributed by atoms with Gasteiger partial charge in [-0.3, -0.25) is 0 Å². The molecule has 12 aromatic carbocycles. The molecule has 0 spiro atoms. The number of para-hydroxylation sites is 1. The van der Waals surface area contributed by atoms with Gasteiger partial charge in [-0.05, 0) is 145 Å². The van der Waals surface area contributed by atoms with Crippen LogP contribution >= 0.6 is 0 Å². The first kappa shape index (κ1) is 43.1. The molecule has 346 valence electrons. The molecule has 0 atom stereocenters. The minimum atomic E-state index is 1.13. The van der Waals surface area contributed by atoms with Gasteiger partial charge in [0.1, 0.15) is 0 Å². The van der Waals surface area contributed by atoms with Gasteiger partial charge in [-0.1, -0.05) is 218 Å². The fourth-order valence-corrected chi connectivity index (χ4v) is 11.4. The fraction of sp³-hybridized carbons (Fsp3) is 0. The molecule has 14 rings (SSSR count). The molecule has 2 nitrogen and oxygen atoms in total. The van der Waals surface area contributed by atoms with E-state index in [4.69, 9.17) is 0 Å². The van der Waals surface area contributed by atoms with Crippen LogP contribution in [0.1, 0.15) is 0 Å². The lowest BCUT2D eigenvalue weighted by Gasteiger charge is -2.16. The highest BCUT2D eigenvalue weighted by Gasteiger charge is 2.21. The van der Waals surface area contributed by atoms with Gasteiger partial charge in [0.25, 0.3) is 0 Å². The van der Waals surface area contributed by atoms with Crippen molar-refractivity contribution in [3.63, 3.8) is 0 Å². The van der Waals surface area contributed by atoms with Crippen LogP contribution in [-0.4, -0.2) is 9.13 Å². The van der Waals surface area contributed by atoms with Crippen LogP contribution in [0.3, 0.4) is 0 Å². The Morgan fingerprint density at radius 1 is 0.189 bits per heavy atom. The third-order valence-electron chi connectivity index (χ3n) is 14.9. The van der Waals surface area contributed by atoms with Gasteiger partial charge in [-0.15, -0.1) is 0 Å². The van der Waals surface area contributed by atoms with Crippen LogP contribution in [0.5, 0.6) is 0 Å². The minimum Gasteiger partial charge on any atom is -0.309 e. The molecule has 2 aromatic heterocycles. The van der Waals surface area contributed by atoms with E-state index in [9.17, 15) is 0 Å². The molecule has 0 bridgehead atoms. The zero-order valence-corrected chi connectivity index (χ0v) is 40.6. The van der Waals surface area contributed by atoms with Crippen LogP contribution in [-0.2, 0) is 0 Å². The number of benzene rings is 12. The van der Waals surface area contributed by atoms with E-state index in [1.165, 1.54) is 122 Å². The van der Waals surface area contributed by atoms with Crippen molar-refractivity contribution in [2.75, 3.05) is 0 Å². The second kappa shape index (κ2) is 18.1. The van der Waals surface area contributed by atoms with Crippen LogP contribution in [0, 0.1) is 0 Å². The van der Waals surface area contributed by atoms with E-state index in [0.717, 1.165) is 11.4 Å². The molecular formula is C72H48N2. The largest absolute Gasteiger partial charge is 0.309 e. The van der Waals surface area contributed by atoms with Crippen LogP contribution in [0.4, 0.5) is 0 Å². The van der Waals surface area contributed by atoms with Crippen LogP contribution < -0.4 is 0 Å². The molecule has 0 aliphatic heterocycles. The van der Waals surface area contributed by atoms with Crippen molar-refractivity contribution in [2.45, 2.75) is 0 Å². The molecule has 0 aliphatic carbocycles. The Hall–Kier alpha value is -9.76. The van der Waals surface area contributed by atoms with Gasteiger partial charge in [0.2, 0.25) is 0 Å². The SMILES string of the molecule is c1ccc(-c2cccc(-c3cccc(-c4cccc5c4c4cc(-c6ccc7c(c6)c6ccccc6n7-c6ccc(-c7ccccc7)cc6-c6ccccc6)ccc4n5-c4cccc(-c5ccccc5)c4)c3)c2)cc1. The maximum Gasteiger partial charge on any atom is 0.0547 e. The first-order chi connectivity index (χ1) is 36.7. The number of hydrogen-bond donors (Lipinski definition) is 0. The van der Waals surface area contributed by atoms with Crippen molar-refractivity contribution < 1.29 is 0 Å². The van der Waals surface area contributed by atoms with Crippen molar-refractivity contribution in [3.8, 4) is 89.3 Å². The van der Waals surface area contributed by atoms with E-state index in [-0.39, 0.29) is 0 Å². The van der Waals surface area contributed by atoms with Gasteiger partial charge in [0.05, 0.1) is 27.8 Å². The van der Waals surface area contributed by atoms with E-state index in [1.54, 1.807) is 0 Å². The smallest absolute Gasteiger partial charge is 0.0547 e.